The normalized spacial score (nSPS) is 13.0. The van der Waals surface area contributed by atoms with E-state index in [0.29, 0.717) is 0 Å². The Kier molecular flexibility index (Phi) is 13.7. The molecule has 0 spiro atoms. The van der Waals surface area contributed by atoms with Gasteiger partial charge in [-0.15, -0.1) is 17.0 Å². The van der Waals surface area contributed by atoms with Crippen LogP contribution in [-0.4, -0.2) is 41.0 Å². The third kappa shape index (κ3) is 6.84. The summed E-state index contributed by atoms with van der Waals surface area (Å²) in [6.45, 7) is 4.04. The molecule has 1 heterocycles. The molecule has 1 amide bonds. The number of ketones is 1. The molecule has 1 atom stereocenters. The lowest BCUT2D eigenvalue weighted by molar-refractivity contribution is -0.114. The molecule has 0 aliphatic carbocycles. The number of rotatable bonds is 13. The standard InChI is InChI=1S/C22H19F6N3O4S5.BrH/c1-4-34-10-6-9-7-31(21(29)11(9)13(23)16(10)35-5-2)22(40-28)15(33)12-17(36-24)14(30-8(3)32)19(38-26)20(39-27)18(12)37-25;/h6,22,29H,4-5,7H2,1-3H3,(H,30,32);1H. The summed E-state index contributed by atoms with van der Waals surface area (Å²) < 4.78 is 96.8. The molecule has 0 radical (unpaired) electrons. The molecule has 1 aliphatic heterocycles. The molecule has 226 valence electrons. The van der Waals surface area contributed by atoms with E-state index in [-0.39, 0.29) is 59.4 Å². The van der Waals surface area contributed by atoms with Crippen molar-refractivity contribution in [2.24, 2.45) is 0 Å². The Balaban J connectivity index is 0.00000588. The average molecular weight is 745 g/mol. The second kappa shape index (κ2) is 15.8. The number of carbonyl (C=O) groups excluding carboxylic acids is 2. The lowest BCUT2D eigenvalue weighted by atomic mass is 10.1. The summed E-state index contributed by atoms with van der Waals surface area (Å²) in [7, 11) is 0. The number of hydrogen-bond donors (Lipinski definition) is 2. The predicted molar refractivity (Wildman–Crippen MR) is 157 cm³/mol. The van der Waals surface area contributed by atoms with E-state index >= 15 is 4.39 Å². The number of anilines is 1. The lowest BCUT2D eigenvalue weighted by Gasteiger charge is -2.27. The first-order chi connectivity index (χ1) is 19.1. The van der Waals surface area contributed by atoms with E-state index < -0.39 is 120 Å². The number of benzene rings is 2. The summed E-state index contributed by atoms with van der Waals surface area (Å²) in [5, 5.41) is 8.60. The van der Waals surface area contributed by atoms with Crippen LogP contribution < -0.4 is 14.8 Å². The van der Waals surface area contributed by atoms with Crippen molar-refractivity contribution >= 4 is 101 Å². The minimum absolute atomic E-state index is 0. The molecular formula is C22H20BrF6N3O4S5. The number of carbonyl (C=O) groups is 2. The molecule has 3 rings (SSSR count). The van der Waals surface area contributed by atoms with Gasteiger partial charge in [-0.05, 0) is 25.5 Å². The molecule has 1 unspecified atom stereocenters. The molecule has 2 aromatic rings. The number of amides is 1. The third-order valence-electron chi connectivity index (χ3n) is 5.49. The number of amidine groups is 1. The van der Waals surface area contributed by atoms with Crippen LogP contribution in [0.4, 0.5) is 29.5 Å². The van der Waals surface area contributed by atoms with Gasteiger partial charge in [-0.25, -0.2) is 4.39 Å². The molecule has 1 aliphatic rings. The van der Waals surface area contributed by atoms with E-state index in [1.54, 1.807) is 13.8 Å². The summed E-state index contributed by atoms with van der Waals surface area (Å²) in [6.07, 6.45) is 0. The van der Waals surface area contributed by atoms with Crippen LogP contribution >= 0.6 is 77.7 Å². The number of Topliss-reactive ketones (excluding diaryl/α,β-unsaturated/α-hetero) is 1. The third-order valence-corrected chi connectivity index (χ3v) is 8.64. The number of halogens is 7. The second-order valence-corrected chi connectivity index (χ2v) is 10.6. The first-order valence-electron chi connectivity index (χ1n) is 11.1. The highest BCUT2D eigenvalue weighted by atomic mass is 79.9. The van der Waals surface area contributed by atoms with E-state index in [0.717, 1.165) is 11.8 Å². The predicted octanol–water partition coefficient (Wildman–Crippen LogP) is 9.03. The van der Waals surface area contributed by atoms with Crippen molar-refractivity contribution in [3.63, 3.8) is 0 Å². The highest BCUT2D eigenvalue weighted by molar-refractivity contribution is 8.93. The summed E-state index contributed by atoms with van der Waals surface area (Å²) in [4.78, 5) is 23.1. The van der Waals surface area contributed by atoms with Gasteiger partial charge in [0, 0.05) is 13.5 Å². The van der Waals surface area contributed by atoms with Gasteiger partial charge in [-0.3, -0.25) is 15.0 Å². The van der Waals surface area contributed by atoms with Crippen molar-refractivity contribution in [1.29, 1.82) is 5.41 Å². The van der Waals surface area contributed by atoms with Gasteiger partial charge in [0.05, 0.1) is 110 Å². The minimum Gasteiger partial charge on any atom is -0.490 e. The van der Waals surface area contributed by atoms with Crippen molar-refractivity contribution < 1.29 is 42.9 Å². The van der Waals surface area contributed by atoms with Crippen molar-refractivity contribution in [2.75, 3.05) is 18.5 Å². The fourth-order valence-corrected chi connectivity index (χ4v) is 6.77. The zero-order chi connectivity index (χ0) is 29.7. The van der Waals surface area contributed by atoms with Gasteiger partial charge in [0.2, 0.25) is 11.7 Å². The first kappa shape index (κ1) is 35.7. The van der Waals surface area contributed by atoms with Gasteiger partial charge in [-0.2, -0.15) is 19.4 Å². The maximum Gasteiger partial charge on any atom is 0.221 e. The SMILES string of the molecule is Br.CCOc1cc2c(c(F)c1OCC)C(=N)N(C(SF)C(=O)c1c(SF)c(NC(C)=O)c(SF)c(SF)c1SF)C2. The topological polar surface area (TPSA) is 91.7 Å². The van der Waals surface area contributed by atoms with Crippen LogP contribution in [0.15, 0.2) is 25.6 Å². The summed E-state index contributed by atoms with van der Waals surface area (Å²) in [5.74, 6) is -4.10. The highest BCUT2D eigenvalue weighted by Crippen LogP contribution is 2.52. The fraction of sp³-hybridized carbons (Fsp3) is 0.318. The Bertz CT molecular complexity index is 1350. The molecule has 7 nitrogen and oxygen atoms in total. The molecule has 0 fully saturated rings. The molecule has 0 aromatic heterocycles. The van der Waals surface area contributed by atoms with Crippen molar-refractivity contribution in [1.82, 2.24) is 4.90 Å². The Morgan fingerprint density at radius 1 is 1.00 bits per heavy atom. The van der Waals surface area contributed by atoms with Crippen LogP contribution in [0, 0.1) is 11.2 Å². The minimum atomic E-state index is -2.02. The number of fused-ring (bicyclic) bond motifs is 1. The lowest BCUT2D eigenvalue weighted by Crippen LogP contribution is -2.39. The van der Waals surface area contributed by atoms with Crippen LogP contribution in [0.5, 0.6) is 11.5 Å². The Morgan fingerprint density at radius 3 is 2.07 bits per heavy atom. The van der Waals surface area contributed by atoms with Gasteiger partial charge >= 0.3 is 0 Å². The first-order valence-corrected chi connectivity index (χ1v) is 14.7. The fourth-order valence-electron chi connectivity index (χ4n) is 4.01. The van der Waals surface area contributed by atoms with Crippen LogP contribution in [0.25, 0.3) is 0 Å². The molecule has 0 bridgehead atoms. The summed E-state index contributed by atoms with van der Waals surface area (Å²) in [6, 6.07) is 1.37. The molecule has 0 saturated heterocycles. The number of nitrogens with zero attached hydrogens (tertiary/aromatic N) is 1. The Labute approximate surface area is 263 Å². The van der Waals surface area contributed by atoms with Gasteiger partial charge in [-0.1, -0.05) is 0 Å². The van der Waals surface area contributed by atoms with Crippen molar-refractivity contribution in [3.05, 3.63) is 28.6 Å². The number of ether oxygens (including phenoxy) is 2. The molecular weight excluding hydrogens is 724 g/mol. The number of nitrogens with one attached hydrogen (secondary N) is 2. The van der Waals surface area contributed by atoms with Crippen LogP contribution in [0.2, 0.25) is 0 Å². The van der Waals surface area contributed by atoms with Crippen LogP contribution in [0.3, 0.4) is 0 Å². The monoisotopic (exact) mass is 743 g/mol. The largest absolute Gasteiger partial charge is 0.490 e. The molecule has 2 aromatic carbocycles. The van der Waals surface area contributed by atoms with Gasteiger partial charge in [0.15, 0.2) is 22.7 Å². The molecule has 19 heteroatoms. The van der Waals surface area contributed by atoms with Gasteiger partial charge in [0.25, 0.3) is 0 Å². The highest BCUT2D eigenvalue weighted by Gasteiger charge is 2.42. The van der Waals surface area contributed by atoms with E-state index in [2.05, 4.69) is 5.32 Å². The molecule has 2 N–H and O–H groups in total. The molecule has 41 heavy (non-hydrogen) atoms. The summed E-state index contributed by atoms with van der Waals surface area (Å²) in [5.41, 5.74) is -1.72. The van der Waals surface area contributed by atoms with E-state index in [1.165, 1.54) is 6.07 Å². The van der Waals surface area contributed by atoms with E-state index in [4.69, 9.17) is 14.9 Å². The summed E-state index contributed by atoms with van der Waals surface area (Å²) >= 11 is -3.31. The maximum atomic E-state index is 15.5. The van der Waals surface area contributed by atoms with E-state index in [9.17, 15) is 29.0 Å². The van der Waals surface area contributed by atoms with Crippen molar-refractivity contribution in [2.45, 2.75) is 52.3 Å². The second-order valence-electron chi connectivity index (χ2n) is 7.76. The van der Waals surface area contributed by atoms with Crippen molar-refractivity contribution in [3.8, 4) is 11.5 Å². The van der Waals surface area contributed by atoms with E-state index in [1.807, 2.05) is 0 Å². The Hall–Kier alpha value is -1.54. The quantitative estimate of drug-likeness (QED) is 0.153. The maximum absolute atomic E-state index is 15.5. The smallest absolute Gasteiger partial charge is 0.221 e. The van der Waals surface area contributed by atoms with Gasteiger partial charge in [0.1, 0.15) is 5.84 Å². The Morgan fingerprint density at radius 2 is 1.59 bits per heavy atom. The zero-order valence-corrected chi connectivity index (χ0v) is 26.9. The van der Waals surface area contributed by atoms with Gasteiger partial charge < -0.3 is 19.7 Å². The average Bonchev–Trinajstić information content (AvgIpc) is 3.25. The molecule has 0 saturated carbocycles. The zero-order valence-electron chi connectivity index (χ0n) is 21.1. The van der Waals surface area contributed by atoms with Crippen LogP contribution in [0.1, 0.15) is 42.3 Å². The van der Waals surface area contributed by atoms with Crippen LogP contribution in [-0.2, 0) is 11.3 Å². The number of hydrogen-bond acceptors (Lipinski definition) is 10.